The second-order valence-corrected chi connectivity index (χ2v) is 4.04. The van der Waals surface area contributed by atoms with Crippen LogP contribution in [0.3, 0.4) is 0 Å². The van der Waals surface area contributed by atoms with E-state index in [1.807, 2.05) is 6.92 Å². The molecule has 0 heterocycles. The average Bonchev–Trinajstić information content (AvgIpc) is 2.82. The lowest BCUT2D eigenvalue weighted by Crippen LogP contribution is -2.16. The van der Waals surface area contributed by atoms with Crippen LogP contribution in [-0.2, 0) is 5.41 Å². The summed E-state index contributed by atoms with van der Waals surface area (Å²) in [5, 5.41) is 9.21. The molecule has 2 unspecified atom stereocenters. The van der Waals surface area contributed by atoms with Gasteiger partial charge in [-0.05, 0) is 36.1 Å². The second-order valence-electron chi connectivity index (χ2n) is 4.04. The standard InChI is InChI=1S/C11H12F2O/c1-7-5-11(7,6-14)9-4-8(12)2-3-10(9)13/h2-4,7,14H,5-6H2,1H3. The van der Waals surface area contributed by atoms with Crippen molar-refractivity contribution >= 4 is 0 Å². The van der Waals surface area contributed by atoms with Crippen LogP contribution in [0.1, 0.15) is 18.9 Å². The summed E-state index contributed by atoms with van der Waals surface area (Å²) in [4.78, 5) is 0. The van der Waals surface area contributed by atoms with Crippen LogP contribution in [0.2, 0.25) is 0 Å². The Hall–Kier alpha value is -0.960. The molecule has 0 spiro atoms. The van der Waals surface area contributed by atoms with Crippen molar-refractivity contribution in [3.63, 3.8) is 0 Å². The Bertz CT molecular complexity index is 360. The molecule has 1 aliphatic carbocycles. The van der Waals surface area contributed by atoms with Crippen LogP contribution in [0.25, 0.3) is 0 Å². The van der Waals surface area contributed by atoms with Gasteiger partial charge >= 0.3 is 0 Å². The predicted octanol–water partition coefficient (Wildman–Crippen LogP) is 2.23. The predicted molar refractivity (Wildman–Crippen MR) is 48.9 cm³/mol. The third kappa shape index (κ3) is 1.23. The Kier molecular flexibility index (Phi) is 2.07. The summed E-state index contributed by atoms with van der Waals surface area (Å²) in [6.45, 7) is 1.81. The third-order valence-electron chi connectivity index (χ3n) is 3.20. The van der Waals surface area contributed by atoms with E-state index in [0.29, 0.717) is 5.56 Å². The van der Waals surface area contributed by atoms with E-state index in [9.17, 15) is 13.9 Å². The molecule has 2 atom stereocenters. The lowest BCUT2D eigenvalue weighted by molar-refractivity contribution is 0.243. The summed E-state index contributed by atoms with van der Waals surface area (Å²) in [5.74, 6) is -0.651. The Morgan fingerprint density at radius 3 is 2.64 bits per heavy atom. The highest BCUT2D eigenvalue weighted by Gasteiger charge is 2.53. The lowest BCUT2D eigenvalue weighted by atomic mass is 9.94. The zero-order valence-corrected chi connectivity index (χ0v) is 7.93. The summed E-state index contributed by atoms with van der Waals surface area (Å²) in [5.41, 5.74) is -0.223. The first-order chi connectivity index (χ1) is 6.60. The first-order valence-electron chi connectivity index (χ1n) is 4.66. The number of hydrogen-bond donors (Lipinski definition) is 1. The number of benzene rings is 1. The van der Waals surface area contributed by atoms with Gasteiger partial charge in [0, 0.05) is 5.41 Å². The molecule has 1 aromatic rings. The fourth-order valence-electron chi connectivity index (χ4n) is 2.05. The molecule has 0 amide bonds. The maximum atomic E-state index is 13.4. The average molecular weight is 198 g/mol. The summed E-state index contributed by atoms with van der Waals surface area (Å²) < 4.78 is 26.3. The molecule has 1 aromatic carbocycles. The Morgan fingerprint density at radius 2 is 2.14 bits per heavy atom. The van der Waals surface area contributed by atoms with E-state index in [-0.39, 0.29) is 12.5 Å². The van der Waals surface area contributed by atoms with Crippen LogP contribution in [0.15, 0.2) is 18.2 Å². The summed E-state index contributed by atoms with van der Waals surface area (Å²) in [6, 6.07) is 3.40. The minimum atomic E-state index is -0.536. The van der Waals surface area contributed by atoms with Crippen LogP contribution in [0.5, 0.6) is 0 Å². The fraction of sp³-hybridized carbons (Fsp3) is 0.455. The van der Waals surface area contributed by atoms with Gasteiger partial charge in [-0.15, -0.1) is 0 Å². The smallest absolute Gasteiger partial charge is 0.127 e. The van der Waals surface area contributed by atoms with E-state index in [4.69, 9.17) is 0 Å². The number of aliphatic hydroxyl groups is 1. The van der Waals surface area contributed by atoms with Crippen molar-refractivity contribution in [3.05, 3.63) is 35.4 Å². The number of hydrogen-bond acceptors (Lipinski definition) is 1. The van der Waals surface area contributed by atoms with E-state index < -0.39 is 17.0 Å². The van der Waals surface area contributed by atoms with Crippen molar-refractivity contribution < 1.29 is 13.9 Å². The third-order valence-corrected chi connectivity index (χ3v) is 3.20. The highest BCUT2D eigenvalue weighted by atomic mass is 19.1. The fourth-order valence-corrected chi connectivity index (χ4v) is 2.05. The zero-order valence-electron chi connectivity index (χ0n) is 7.93. The van der Waals surface area contributed by atoms with Crippen LogP contribution < -0.4 is 0 Å². The molecule has 76 valence electrons. The Labute approximate surface area is 81.4 Å². The second kappa shape index (κ2) is 3.02. The van der Waals surface area contributed by atoms with Crippen LogP contribution in [-0.4, -0.2) is 11.7 Å². The zero-order chi connectivity index (χ0) is 10.3. The van der Waals surface area contributed by atoms with Gasteiger partial charge in [-0.25, -0.2) is 8.78 Å². The SMILES string of the molecule is CC1CC1(CO)c1cc(F)ccc1F. The number of halogens is 2. The van der Waals surface area contributed by atoms with Gasteiger partial charge in [0.15, 0.2) is 0 Å². The molecule has 1 saturated carbocycles. The minimum absolute atomic E-state index is 0.117. The maximum absolute atomic E-state index is 13.4. The molecule has 1 aliphatic rings. The highest BCUT2D eigenvalue weighted by molar-refractivity contribution is 5.35. The van der Waals surface area contributed by atoms with Crippen molar-refractivity contribution in [2.75, 3.05) is 6.61 Å². The highest BCUT2D eigenvalue weighted by Crippen LogP contribution is 2.54. The molecular formula is C11H12F2O. The molecule has 1 fully saturated rings. The van der Waals surface area contributed by atoms with Gasteiger partial charge in [-0.2, -0.15) is 0 Å². The van der Waals surface area contributed by atoms with Gasteiger partial charge in [0.2, 0.25) is 0 Å². The number of aliphatic hydroxyl groups excluding tert-OH is 1. The van der Waals surface area contributed by atoms with Gasteiger partial charge in [-0.3, -0.25) is 0 Å². The molecule has 0 radical (unpaired) electrons. The molecule has 14 heavy (non-hydrogen) atoms. The number of rotatable bonds is 2. The molecule has 0 aromatic heterocycles. The first kappa shape index (κ1) is 9.59. The van der Waals surface area contributed by atoms with E-state index in [1.165, 1.54) is 6.07 Å². The summed E-state index contributed by atoms with van der Waals surface area (Å²) in [7, 11) is 0. The quantitative estimate of drug-likeness (QED) is 0.772. The molecular weight excluding hydrogens is 186 g/mol. The Balaban J connectivity index is 2.45. The summed E-state index contributed by atoms with van der Waals surface area (Å²) in [6.07, 6.45) is 0.726. The largest absolute Gasteiger partial charge is 0.395 e. The maximum Gasteiger partial charge on any atom is 0.127 e. The van der Waals surface area contributed by atoms with Crippen molar-refractivity contribution in [2.24, 2.45) is 5.92 Å². The topological polar surface area (TPSA) is 20.2 Å². The molecule has 1 nitrogen and oxygen atoms in total. The van der Waals surface area contributed by atoms with E-state index >= 15 is 0 Å². The molecule has 2 rings (SSSR count). The molecule has 3 heteroatoms. The molecule has 0 saturated heterocycles. The van der Waals surface area contributed by atoms with E-state index in [0.717, 1.165) is 18.6 Å². The van der Waals surface area contributed by atoms with Crippen molar-refractivity contribution in [1.29, 1.82) is 0 Å². The van der Waals surface area contributed by atoms with Gasteiger partial charge in [0.05, 0.1) is 6.61 Å². The summed E-state index contributed by atoms with van der Waals surface area (Å²) >= 11 is 0. The van der Waals surface area contributed by atoms with Crippen molar-refractivity contribution in [2.45, 2.75) is 18.8 Å². The Morgan fingerprint density at radius 1 is 1.50 bits per heavy atom. The molecule has 0 bridgehead atoms. The van der Waals surface area contributed by atoms with Gasteiger partial charge in [0.1, 0.15) is 11.6 Å². The lowest BCUT2D eigenvalue weighted by Gasteiger charge is -2.14. The molecule has 1 N–H and O–H groups in total. The van der Waals surface area contributed by atoms with E-state index in [2.05, 4.69) is 0 Å². The van der Waals surface area contributed by atoms with Crippen molar-refractivity contribution in [1.82, 2.24) is 0 Å². The monoisotopic (exact) mass is 198 g/mol. The van der Waals surface area contributed by atoms with Crippen LogP contribution in [0, 0.1) is 17.6 Å². The first-order valence-corrected chi connectivity index (χ1v) is 4.66. The van der Waals surface area contributed by atoms with Gasteiger partial charge < -0.3 is 5.11 Å². The van der Waals surface area contributed by atoms with Gasteiger partial charge in [-0.1, -0.05) is 6.92 Å². The molecule has 0 aliphatic heterocycles. The minimum Gasteiger partial charge on any atom is -0.395 e. The van der Waals surface area contributed by atoms with Crippen molar-refractivity contribution in [3.8, 4) is 0 Å². The normalized spacial score (nSPS) is 30.4. The van der Waals surface area contributed by atoms with Crippen LogP contribution >= 0.6 is 0 Å². The van der Waals surface area contributed by atoms with Gasteiger partial charge in [0.25, 0.3) is 0 Å². The van der Waals surface area contributed by atoms with Crippen LogP contribution in [0.4, 0.5) is 8.78 Å². The van der Waals surface area contributed by atoms with E-state index in [1.54, 1.807) is 0 Å².